The van der Waals surface area contributed by atoms with Gasteiger partial charge in [-0.25, -0.2) is 0 Å². The van der Waals surface area contributed by atoms with Crippen molar-refractivity contribution in [3.63, 3.8) is 0 Å². The molecule has 0 radical (unpaired) electrons. The molecule has 23 heavy (non-hydrogen) atoms. The second-order valence-corrected chi connectivity index (χ2v) is 9.29. The van der Waals surface area contributed by atoms with Gasteiger partial charge in [-0.3, -0.25) is 4.79 Å². The second-order valence-electron chi connectivity index (χ2n) is 9.29. The maximum absolute atomic E-state index is 12.2. The summed E-state index contributed by atoms with van der Waals surface area (Å²) in [6, 6.07) is 0. The zero-order chi connectivity index (χ0) is 16.2. The third-order valence-corrected chi connectivity index (χ3v) is 8.61. The van der Waals surface area contributed by atoms with Crippen LogP contribution in [-0.2, 0) is 4.79 Å². The topological polar surface area (TPSA) is 37.3 Å². The van der Waals surface area contributed by atoms with Gasteiger partial charge in [-0.1, -0.05) is 32.8 Å². The lowest BCUT2D eigenvalue weighted by molar-refractivity contribution is -0.122. The number of rotatable bonds is 2. The number of hydrogen-bond acceptors (Lipinski definition) is 2. The molecule has 0 heterocycles. The van der Waals surface area contributed by atoms with E-state index in [2.05, 4.69) is 19.9 Å². The first-order valence-electron chi connectivity index (χ1n) is 9.85. The number of aliphatic hydroxyl groups excluding tert-OH is 1. The van der Waals surface area contributed by atoms with Gasteiger partial charge in [0.2, 0.25) is 0 Å². The smallest absolute Gasteiger partial charge is 0.184 e. The fourth-order valence-electron chi connectivity index (χ4n) is 7.38. The van der Waals surface area contributed by atoms with Gasteiger partial charge < -0.3 is 5.11 Å². The van der Waals surface area contributed by atoms with Gasteiger partial charge >= 0.3 is 0 Å². The zero-order valence-corrected chi connectivity index (χ0v) is 14.8. The average Bonchev–Trinajstić information content (AvgIpc) is 2.91. The Morgan fingerprint density at radius 2 is 1.96 bits per heavy atom. The van der Waals surface area contributed by atoms with Crippen LogP contribution in [0.3, 0.4) is 0 Å². The van der Waals surface area contributed by atoms with E-state index >= 15 is 0 Å². The van der Waals surface area contributed by atoms with Gasteiger partial charge in [-0.2, -0.15) is 0 Å². The zero-order valence-electron chi connectivity index (χ0n) is 14.8. The molecule has 1 N–H and O–H groups in total. The fraction of sp³-hybridized carbons (Fsp3) is 0.857. The first-order chi connectivity index (χ1) is 11.0. The van der Waals surface area contributed by atoms with Crippen molar-refractivity contribution < 1.29 is 9.90 Å². The summed E-state index contributed by atoms with van der Waals surface area (Å²) in [7, 11) is 0. The monoisotopic (exact) mass is 316 g/mol. The summed E-state index contributed by atoms with van der Waals surface area (Å²) < 4.78 is 0. The van der Waals surface area contributed by atoms with Crippen molar-refractivity contribution in [2.24, 2.45) is 34.5 Å². The van der Waals surface area contributed by atoms with Crippen molar-refractivity contribution in [2.75, 3.05) is 6.61 Å². The van der Waals surface area contributed by atoms with Crippen LogP contribution in [0.4, 0.5) is 0 Å². The molecule has 4 rings (SSSR count). The third-order valence-electron chi connectivity index (χ3n) is 8.61. The van der Waals surface area contributed by atoms with Gasteiger partial charge in [-0.05, 0) is 85.0 Å². The van der Waals surface area contributed by atoms with Crippen molar-refractivity contribution in [1.29, 1.82) is 0 Å². The molecular weight excluding hydrogens is 284 g/mol. The minimum Gasteiger partial charge on any atom is -0.388 e. The maximum atomic E-state index is 12.2. The molecule has 0 aliphatic heterocycles. The van der Waals surface area contributed by atoms with E-state index in [1.807, 2.05) is 0 Å². The maximum Gasteiger partial charge on any atom is 0.184 e. The van der Waals surface area contributed by atoms with E-state index in [-0.39, 0.29) is 17.8 Å². The highest BCUT2D eigenvalue weighted by molar-refractivity contribution is 5.98. The summed E-state index contributed by atoms with van der Waals surface area (Å²) in [4.78, 5) is 12.2. The van der Waals surface area contributed by atoms with E-state index in [1.54, 1.807) is 0 Å². The molecule has 1 unspecified atom stereocenters. The standard InChI is InChI=1S/C21H32O2/c1-20-11-4-3-5-14(20)6-7-15-16-8-9-18(19(23)13-22)21(16,2)12-10-17(15)20/h9,14-17,22H,3-8,10-13H2,1-2H3/t14?,15-,16-,17-,20-,21-/m0/s1. The predicted octanol–water partition coefficient (Wildman–Crippen LogP) is 4.52. The van der Waals surface area contributed by atoms with Crippen LogP contribution in [-0.4, -0.2) is 17.5 Å². The number of hydrogen-bond donors (Lipinski definition) is 1. The Bertz CT molecular complexity index is 536. The van der Waals surface area contributed by atoms with Crippen LogP contribution in [0, 0.1) is 34.5 Å². The minimum atomic E-state index is -0.317. The number of allylic oxidation sites excluding steroid dienone is 1. The molecule has 0 saturated heterocycles. The lowest BCUT2D eigenvalue weighted by Crippen LogP contribution is -2.52. The van der Waals surface area contributed by atoms with Crippen LogP contribution in [0.25, 0.3) is 0 Å². The van der Waals surface area contributed by atoms with Gasteiger partial charge in [0.25, 0.3) is 0 Å². The molecule has 0 amide bonds. The van der Waals surface area contributed by atoms with Gasteiger partial charge in [0.1, 0.15) is 6.61 Å². The van der Waals surface area contributed by atoms with E-state index in [0.717, 1.165) is 36.2 Å². The molecule has 2 nitrogen and oxygen atoms in total. The van der Waals surface area contributed by atoms with Crippen molar-refractivity contribution in [3.8, 4) is 0 Å². The fourth-order valence-corrected chi connectivity index (χ4v) is 7.38. The molecular formula is C21H32O2. The number of carbonyl (C=O) groups excluding carboxylic acids is 1. The SMILES string of the molecule is C[C@]12CCCCC1CC[C@@H]1[C@@H]2CC[C@]2(C)C(C(=O)CO)=CC[C@@H]12. The number of fused-ring (bicyclic) bond motifs is 5. The van der Waals surface area contributed by atoms with Gasteiger partial charge in [0.15, 0.2) is 5.78 Å². The molecule has 128 valence electrons. The Balaban J connectivity index is 1.62. The summed E-state index contributed by atoms with van der Waals surface area (Å²) in [5, 5.41) is 9.34. The largest absolute Gasteiger partial charge is 0.388 e. The van der Waals surface area contributed by atoms with E-state index in [0.29, 0.717) is 11.3 Å². The number of aliphatic hydroxyl groups is 1. The number of ketones is 1. The molecule has 0 aromatic carbocycles. The van der Waals surface area contributed by atoms with Crippen molar-refractivity contribution in [2.45, 2.75) is 71.6 Å². The third kappa shape index (κ3) is 2.13. The highest BCUT2D eigenvalue weighted by Crippen LogP contribution is 2.66. The van der Waals surface area contributed by atoms with Crippen LogP contribution in [0.1, 0.15) is 71.6 Å². The van der Waals surface area contributed by atoms with Crippen LogP contribution < -0.4 is 0 Å². The normalized spacial score (nSPS) is 48.9. The van der Waals surface area contributed by atoms with E-state index in [1.165, 1.54) is 44.9 Å². The van der Waals surface area contributed by atoms with Crippen molar-refractivity contribution in [3.05, 3.63) is 11.6 Å². The van der Waals surface area contributed by atoms with Crippen LogP contribution in [0.2, 0.25) is 0 Å². The van der Waals surface area contributed by atoms with E-state index in [4.69, 9.17) is 0 Å². The second kappa shape index (κ2) is 5.44. The van der Waals surface area contributed by atoms with Gasteiger partial charge in [-0.15, -0.1) is 0 Å². The summed E-state index contributed by atoms with van der Waals surface area (Å²) >= 11 is 0. The number of Topliss-reactive ketones (excluding diaryl/α,β-unsaturated/α-hetero) is 1. The highest BCUT2D eigenvalue weighted by Gasteiger charge is 2.58. The van der Waals surface area contributed by atoms with Gasteiger partial charge in [0, 0.05) is 0 Å². The Morgan fingerprint density at radius 3 is 2.74 bits per heavy atom. The molecule has 0 bridgehead atoms. The Kier molecular flexibility index (Phi) is 3.75. The minimum absolute atomic E-state index is 0.0222. The lowest BCUT2D eigenvalue weighted by atomic mass is 9.45. The van der Waals surface area contributed by atoms with E-state index < -0.39 is 0 Å². The molecule has 4 aliphatic rings. The molecule has 6 atom stereocenters. The molecule has 0 spiro atoms. The Labute approximate surface area is 140 Å². The van der Waals surface area contributed by atoms with Crippen molar-refractivity contribution in [1.82, 2.24) is 0 Å². The Morgan fingerprint density at radius 1 is 1.13 bits per heavy atom. The molecule has 3 saturated carbocycles. The summed E-state index contributed by atoms with van der Waals surface area (Å²) in [6.45, 7) is 4.59. The van der Waals surface area contributed by atoms with Gasteiger partial charge in [0.05, 0.1) is 0 Å². The van der Waals surface area contributed by atoms with Crippen LogP contribution in [0.5, 0.6) is 0 Å². The first kappa shape index (κ1) is 15.9. The quantitative estimate of drug-likeness (QED) is 0.813. The lowest BCUT2D eigenvalue weighted by Gasteiger charge is -2.60. The highest BCUT2D eigenvalue weighted by atomic mass is 16.3. The van der Waals surface area contributed by atoms with Crippen molar-refractivity contribution >= 4 is 5.78 Å². The predicted molar refractivity (Wildman–Crippen MR) is 91.9 cm³/mol. The molecule has 0 aromatic rings. The summed E-state index contributed by atoms with van der Waals surface area (Å²) in [6.07, 6.45) is 14.2. The summed E-state index contributed by atoms with van der Waals surface area (Å²) in [5.74, 6) is 3.25. The van der Waals surface area contributed by atoms with Crippen LogP contribution >= 0.6 is 0 Å². The molecule has 2 heteroatoms. The Hall–Kier alpha value is -0.630. The molecule has 3 fully saturated rings. The number of carbonyl (C=O) groups is 1. The first-order valence-corrected chi connectivity index (χ1v) is 9.85. The molecule has 4 aliphatic carbocycles. The molecule has 0 aromatic heterocycles. The summed E-state index contributed by atoms with van der Waals surface area (Å²) in [5.41, 5.74) is 1.56. The average molecular weight is 316 g/mol. The van der Waals surface area contributed by atoms with Crippen LogP contribution in [0.15, 0.2) is 11.6 Å². The van der Waals surface area contributed by atoms with E-state index in [9.17, 15) is 9.90 Å².